The molecule has 1 aromatic heterocycles. The molecule has 1 N–H and O–H groups in total. The van der Waals surface area contributed by atoms with Crippen LogP contribution in [0.2, 0.25) is 0 Å². The summed E-state index contributed by atoms with van der Waals surface area (Å²) < 4.78 is 0.259. The highest BCUT2D eigenvalue weighted by Crippen LogP contribution is 2.29. The van der Waals surface area contributed by atoms with Crippen molar-refractivity contribution < 1.29 is 14.5 Å². The maximum absolute atomic E-state index is 12.5. The molecule has 1 aromatic carbocycles. The van der Waals surface area contributed by atoms with E-state index in [1.807, 2.05) is 22.6 Å². The first kappa shape index (κ1) is 15.6. The standard InChI is InChI=1S/C13H9IN2O4S/c14-7-11(17)15-13-9(5-6-21-13)12(18)8-3-1-2-4-10(8)16(19)20/h1-6H,7H2,(H,15,17). The first-order chi connectivity index (χ1) is 10.0. The summed E-state index contributed by atoms with van der Waals surface area (Å²) in [5.41, 5.74) is 0.0123. The molecule has 2 aromatic rings. The van der Waals surface area contributed by atoms with Gasteiger partial charge in [0.25, 0.3) is 5.69 Å². The van der Waals surface area contributed by atoms with Crippen LogP contribution in [0.15, 0.2) is 35.7 Å². The van der Waals surface area contributed by atoms with Gasteiger partial charge in [-0.3, -0.25) is 19.7 Å². The fourth-order valence-corrected chi connectivity index (χ4v) is 2.71. The van der Waals surface area contributed by atoms with Crippen LogP contribution >= 0.6 is 33.9 Å². The number of ketones is 1. The van der Waals surface area contributed by atoms with Gasteiger partial charge in [0, 0.05) is 6.07 Å². The SMILES string of the molecule is O=C(CI)Nc1sccc1C(=O)c1ccccc1[N+](=O)[O-]. The number of anilines is 1. The molecule has 6 nitrogen and oxygen atoms in total. The highest BCUT2D eigenvalue weighted by molar-refractivity contribution is 14.1. The molecule has 0 radical (unpaired) electrons. The molecule has 0 saturated heterocycles. The lowest BCUT2D eigenvalue weighted by molar-refractivity contribution is -0.385. The van der Waals surface area contributed by atoms with Crippen LogP contribution in [-0.4, -0.2) is 21.0 Å². The number of hydrogen-bond donors (Lipinski definition) is 1. The summed E-state index contributed by atoms with van der Waals surface area (Å²) in [6, 6.07) is 7.30. The van der Waals surface area contributed by atoms with Crippen LogP contribution in [0.25, 0.3) is 0 Å². The summed E-state index contributed by atoms with van der Waals surface area (Å²) in [4.78, 5) is 34.3. The van der Waals surface area contributed by atoms with E-state index in [4.69, 9.17) is 0 Å². The highest BCUT2D eigenvalue weighted by atomic mass is 127. The summed E-state index contributed by atoms with van der Waals surface area (Å²) in [6.07, 6.45) is 0. The zero-order valence-electron chi connectivity index (χ0n) is 10.5. The Morgan fingerprint density at radius 1 is 1.24 bits per heavy atom. The van der Waals surface area contributed by atoms with Gasteiger partial charge in [-0.2, -0.15) is 0 Å². The Morgan fingerprint density at radius 3 is 2.62 bits per heavy atom. The van der Waals surface area contributed by atoms with E-state index < -0.39 is 10.7 Å². The van der Waals surface area contributed by atoms with E-state index in [9.17, 15) is 19.7 Å². The third-order valence-corrected chi connectivity index (χ3v) is 4.15. The number of alkyl halides is 1. The van der Waals surface area contributed by atoms with Crippen molar-refractivity contribution in [2.24, 2.45) is 0 Å². The largest absolute Gasteiger partial charge is 0.316 e. The topological polar surface area (TPSA) is 89.3 Å². The van der Waals surface area contributed by atoms with Crippen molar-refractivity contribution in [1.82, 2.24) is 0 Å². The third kappa shape index (κ3) is 3.45. The molecule has 0 unspecified atom stereocenters. The predicted molar refractivity (Wildman–Crippen MR) is 88.4 cm³/mol. The van der Waals surface area contributed by atoms with Crippen molar-refractivity contribution in [2.45, 2.75) is 0 Å². The number of thiophene rings is 1. The van der Waals surface area contributed by atoms with Crippen molar-refractivity contribution in [3.63, 3.8) is 0 Å². The van der Waals surface area contributed by atoms with Crippen molar-refractivity contribution in [1.29, 1.82) is 0 Å². The zero-order chi connectivity index (χ0) is 15.4. The molecule has 0 aliphatic rings. The van der Waals surface area contributed by atoms with Crippen LogP contribution in [0.3, 0.4) is 0 Å². The van der Waals surface area contributed by atoms with Gasteiger partial charge >= 0.3 is 0 Å². The fourth-order valence-electron chi connectivity index (χ4n) is 1.71. The number of nitro groups is 1. The number of hydrogen-bond acceptors (Lipinski definition) is 5. The summed E-state index contributed by atoms with van der Waals surface area (Å²) in [5, 5.41) is 15.7. The van der Waals surface area contributed by atoms with Gasteiger partial charge in [-0.25, -0.2) is 0 Å². The number of carbonyl (C=O) groups excluding carboxylic acids is 2. The number of nitro benzene ring substituents is 1. The minimum atomic E-state index is -0.595. The Balaban J connectivity index is 2.40. The van der Waals surface area contributed by atoms with Crippen molar-refractivity contribution in [2.75, 3.05) is 9.74 Å². The van der Waals surface area contributed by atoms with Crippen molar-refractivity contribution in [3.8, 4) is 0 Å². The molecule has 108 valence electrons. The monoisotopic (exact) mass is 416 g/mol. The number of para-hydroxylation sites is 1. The number of halogens is 1. The quantitative estimate of drug-likeness (QED) is 0.267. The molecule has 0 bridgehead atoms. The van der Waals surface area contributed by atoms with E-state index in [0.29, 0.717) is 5.00 Å². The molecular weight excluding hydrogens is 407 g/mol. The molecule has 0 fully saturated rings. The number of nitrogens with zero attached hydrogens (tertiary/aromatic N) is 1. The average Bonchev–Trinajstić information content (AvgIpc) is 2.94. The van der Waals surface area contributed by atoms with Gasteiger partial charge in [0.15, 0.2) is 0 Å². The van der Waals surface area contributed by atoms with Gasteiger partial charge in [-0.05, 0) is 17.5 Å². The highest BCUT2D eigenvalue weighted by Gasteiger charge is 2.23. The van der Waals surface area contributed by atoms with E-state index in [-0.39, 0.29) is 27.1 Å². The lowest BCUT2D eigenvalue weighted by Gasteiger charge is -2.05. The number of benzene rings is 1. The Morgan fingerprint density at radius 2 is 1.95 bits per heavy atom. The number of nitrogens with one attached hydrogen (secondary N) is 1. The summed E-state index contributed by atoms with van der Waals surface area (Å²) in [6.45, 7) is 0. The summed E-state index contributed by atoms with van der Waals surface area (Å²) >= 11 is 3.12. The minimum Gasteiger partial charge on any atom is -0.316 e. The first-order valence-corrected chi connectivity index (χ1v) is 8.16. The van der Waals surface area contributed by atoms with Gasteiger partial charge in [0.05, 0.1) is 14.9 Å². The molecule has 2 rings (SSSR count). The molecule has 0 atom stereocenters. The Hall–Kier alpha value is -1.81. The number of amides is 1. The zero-order valence-corrected chi connectivity index (χ0v) is 13.5. The van der Waals surface area contributed by atoms with Crippen LogP contribution in [-0.2, 0) is 4.79 Å². The normalized spacial score (nSPS) is 10.1. The molecule has 21 heavy (non-hydrogen) atoms. The Bertz CT molecular complexity index is 714. The van der Waals surface area contributed by atoms with Crippen LogP contribution < -0.4 is 5.32 Å². The second kappa shape index (κ2) is 6.76. The first-order valence-electron chi connectivity index (χ1n) is 5.76. The third-order valence-electron chi connectivity index (χ3n) is 2.63. The number of carbonyl (C=O) groups is 2. The number of rotatable bonds is 5. The molecule has 1 heterocycles. The van der Waals surface area contributed by atoms with E-state index in [2.05, 4.69) is 5.32 Å². The summed E-state index contributed by atoms with van der Waals surface area (Å²) in [5.74, 6) is -0.707. The molecule has 8 heteroatoms. The maximum atomic E-state index is 12.5. The van der Waals surface area contributed by atoms with Gasteiger partial charge in [-0.1, -0.05) is 34.7 Å². The second-order valence-corrected chi connectivity index (χ2v) is 5.63. The van der Waals surface area contributed by atoms with Crippen LogP contribution in [0.1, 0.15) is 15.9 Å². The second-order valence-electron chi connectivity index (χ2n) is 3.95. The van der Waals surface area contributed by atoms with E-state index in [0.717, 1.165) is 0 Å². The van der Waals surface area contributed by atoms with E-state index >= 15 is 0 Å². The van der Waals surface area contributed by atoms with Crippen LogP contribution in [0, 0.1) is 10.1 Å². The molecular formula is C13H9IN2O4S. The predicted octanol–water partition coefficient (Wildman–Crippen LogP) is 3.26. The van der Waals surface area contributed by atoms with Crippen molar-refractivity contribution in [3.05, 3.63) is 57.0 Å². The summed E-state index contributed by atoms with van der Waals surface area (Å²) in [7, 11) is 0. The van der Waals surface area contributed by atoms with Gasteiger partial charge in [-0.15, -0.1) is 11.3 Å². The van der Waals surface area contributed by atoms with Crippen LogP contribution in [0.4, 0.5) is 10.7 Å². The Labute approximate surface area is 137 Å². The minimum absolute atomic E-state index is 0.00544. The molecule has 1 amide bonds. The smallest absolute Gasteiger partial charge is 0.280 e. The molecule has 0 aliphatic carbocycles. The Kier molecular flexibility index (Phi) is 5.02. The van der Waals surface area contributed by atoms with Crippen LogP contribution in [0.5, 0.6) is 0 Å². The van der Waals surface area contributed by atoms with Gasteiger partial charge in [0.2, 0.25) is 11.7 Å². The fraction of sp³-hybridized carbons (Fsp3) is 0.0769. The van der Waals surface area contributed by atoms with Crippen molar-refractivity contribution >= 4 is 56.3 Å². The van der Waals surface area contributed by atoms with Gasteiger partial charge in [0.1, 0.15) is 10.6 Å². The maximum Gasteiger partial charge on any atom is 0.280 e. The molecule has 0 saturated carbocycles. The lowest BCUT2D eigenvalue weighted by atomic mass is 10.0. The average molecular weight is 416 g/mol. The molecule has 0 aliphatic heterocycles. The van der Waals surface area contributed by atoms with E-state index in [1.54, 1.807) is 17.5 Å². The molecule has 0 spiro atoms. The van der Waals surface area contributed by atoms with E-state index in [1.165, 1.54) is 29.5 Å². The van der Waals surface area contributed by atoms with Gasteiger partial charge < -0.3 is 5.32 Å². The lowest BCUT2D eigenvalue weighted by Crippen LogP contribution is -2.14.